The molecule has 1 N–H and O–H groups in total. The molecule has 1 aromatic rings. The number of amides is 1. The van der Waals surface area contributed by atoms with Crippen LogP contribution in [-0.2, 0) is 14.6 Å². The predicted octanol–water partition coefficient (Wildman–Crippen LogP) is 2.66. The zero-order chi connectivity index (χ0) is 14.0. The minimum Gasteiger partial charge on any atom is -0.324 e. The van der Waals surface area contributed by atoms with Gasteiger partial charge in [0.05, 0.1) is 11.4 Å². The van der Waals surface area contributed by atoms with Crippen LogP contribution in [0.15, 0.2) is 22.7 Å². The third kappa shape index (κ3) is 3.17. The number of aryl methyl sites for hydroxylation is 1. The average Bonchev–Trinajstić information content (AvgIpc) is 2.34. The molecular weight excluding hydrogens is 330 g/mol. The molecule has 6 heteroatoms. The Labute approximate surface area is 121 Å². The van der Waals surface area contributed by atoms with E-state index >= 15 is 0 Å². The number of rotatable bonds is 2. The molecule has 104 valence electrons. The van der Waals surface area contributed by atoms with Gasteiger partial charge in [-0.25, -0.2) is 8.42 Å². The van der Waals surface area contributed by atoms with Crippen molar-refractivity contribution in [1.29, 1.82) is 0 Å². The smallest absolute Gasteiger partial charge is 0.242 e. The van der Waals surface area contributed by atoms with E-state index in [-0.39, 0.29) is 5.75 Å². The minimum absolute atomic E-state index is 0.111. The Morgan fingerprint density at radius 1 is 1.37 bits per heavy atom. The lowest BCUT2D eigenvalue weighted by molar-refractivity contribution is -0.116. The third-order valence-electron chi connectivity index (χ3n) is 3.32. The fourth-order valence-electron chi connectivity index (χ4n) is 2.21. The van der Waals surface area contributed by atoms with Crippen molar-refractivity contribution in [2.75, 3.05) is 11.1 Å². The molecule has 2 rings (SSSR count). The van der Waals surface area contributed by atoms with Gasteiger partial charge in [-0.3, -0.25) is 4.79 Å². The van der Waals surface area contributed by atoms with E-state index in [0.29, 0.717) is 18.5 Å². The van der Waals surface area contributed by atoms with Gasteiger partial charge in [0.25, 0.3) is 0 Å². The van der Waals surface area contributed by atoms with E-state index in [4.69, 9.17) is 0 Å². The molecule has 0 aromatic heterocycles. The van der Waals surface area contributed by atoms with Crippen molar-refractivity contribution in [1.82, 2.24) is 0 Å². The summed E-state index contributed by atoms with van der Waals surface area (Å²) in [6, 6.07) is 5.49. The fraction of sp³-hybridized carbons (Fsp3) is 0.462. The Morgan fingerprint density at radius 2 is 2.11 bits per heavy atom. The Kier molecular flexibility index (Phi) is 4.30. The van der Waals surface area contributed by atoms with E-state index in [1.807, 2.05) is 19.1 Å². The van der Waals surface area contributed by atoms with Crippen molar-refractivity contribution in [3.63, 3.8) is 0 Å². The van der Waals surface area contributed by atoms with Crippen molar-refractivity contribution in [3.05, 3.63) is 28.2 Å². The normalized spacial score (nSPS) is 21.9. The zero-order valence-electron chi connectivity index (χ0n) is 10.6. The van der Waals surface area contributed by atoms with E-state index in [2.05, 4.69) is 21.2 Å². The molecule has 1 aliphatic heterocycles. The van der Waals surface area contributed by atoms with Crippen LogP contribution < -0.4 is 5.32 Å². The second-order valence-corrected chi connectivity index (χ2v) is 7.87. The monoisotopic (exact) mass is 345 g/mol. The Morgan fingerprint density at radius 3 is 2.79 bits per heavy atom. The molecular formula is C13H16BrNO3S. The highest BCUT2D eigenvalue weighted by Gasteiger charge is 2.34. The SMILES string of the molecule is Cc1cccc(NC(=O)C2CCCCS2(=O)=O)c1Br. The van der Waals surface area contributed by atoms with Gasteiger partial charge in [0.2, 0.25) is 5.91 Å². The van der Waals surface area contributed by atoms with Crippen LogP contribution in [0.5, 0.6) is 0 Å². The number of sulfone groups is 1. The van der Waals surface area contributed by atoms with Crippen molar-refractivity contribution in [3.8, 4) is 0 Å². The van der Waals surface area contributed by atoms with Gasteiger partial charge in [-0.05, 0) is 47.3 Å². The molecule has 1 aliphatic rings. The van der Waals surface area contributed by atoms with Crippen LogP contribution in [0.1, 0.15) is 24.8 Å². The van der Waals surface area contributed by atoms with Gasteiger partial charge in [0.1, 0.15) is 5.25 Å². The molecule has 1 atom stereocenters. The lowest BCUT2D eigenvalue weighted by Gasteiger charge is -2.21. The fourth-order valence-corrected chi connectivity index (χ4v) is 4.37. The summed E-state index contributed by atoms with van der Waals surface area (Å²) in [6.45, 7) is 1.91. The maximum absolute atomic E-state index is 12.1. The van der Waals surface area contributed by atoms with Crippen molar-refractivity contribution < 1.29 is 13.2 Å². The maximum Gasteiger partial charge on any atom is 0.242 e. The molecule has 1 aromatic carbocycles. The number of carbonyl (C=O) groups excluding carboxylic acids is 1. The molecule has 1 fully saturated rings. The van der Waals surface area contributed by atoms with Gasteiger partial charge < -0.3 is 5.32 Å². The highest BCUT2D eigenvalue weighted by molar-refractivity contribution is 9.10. The highest BCUT2D eigenvalue weighted by atomic mass is 79.9. The summed E-state index contributed by atoms with van der Waals surface area (Å²) in [5.74, 6) is -0.314. The Balaban J connectivity index is 2.19. The van der Waals surface area contributed by atoms with Gasteiger partial charge in [-0.15, -0.1) is 0 Å². The molecule has 4 nitrogen and oxygen atoms in total. The first-order valence-electron chi connectivity index (χ1n) is 6.19. The van der Waals surface area contributed by atoms with Crippen LogP contribution in [0.2, 0.25) is 0 Å². The van der Waals surface area contributed by atoms with Gasteiger partial charge in [0, 0.05) is 4.47 Å². The topological polar surface area (TPSA) is 63.2 Å². The number of carbonyl (C=O) groups is 1. The summed E-state index contributed by atoms with van der Waals surface area (Å²) in [4.78, 5) is 12.1. The lowest BCUT2D eigenvalue weighted by Crippen LogP contribution is -2.39. The summed E-state index contributed by atoms with van der Waals surface area (Å²) >= 11 is 3.40. The third-order valence-corrected chi connectivity index (χ3v) is 6.55. The number of benzene rings is 1. The lowest BCUT2D eigenvalue weighted by atomic mass is 10.1. The van der Waals surface area contributed by atoms with Crippen LogP contribution in [-0.4, -0.2) is 25.3 Å². The molecule has 19 heavy (non-hydrogen) atoms. The number of nitrogens with one attached hydrogen (secondary N) is 1. The van der Waals surface area contributed by atoms with Crippen LogP contribution in [0, 0.1) is 6.92 Å². The van der Waals surface area contributed by atoms with Crippen LogP contribution in [0.25, 0.3) is 0 Å². The second-order valence-electron chi connectivity index (χ2n) is 4.78. The number of hydrogen-bond donors (Lipinski definition) is 1. The Bertz CT molecular complexity index is 598. The largest absolute Gasteiger partial charge is 0.324 e. The van der Waals surface area contributed by atoms with E-state index in [1.54, 1.807) is 6.07 Å². The average molecular weight is 346 g/mol. The summed E-state index contributed by atoms with van der Waals surface area (Å²) in [5.41, 5.74) is 1.61. The van der Waals surface area contributed by atoms with E-state index in [0.717, 1.165) is 16.5 Å². The Hall–Kier alpha value is -0.880. The molecule has 0 saturated carbocycles. The molecule has 0 radical (unpaired) electrons. The molecule has 0 bridgehead atoms. The standard InChI is InChI=1S/C13H16BrNO3S/c1-9-5-4-6-10(12(9)14)15-13(16)11-7-2-3-8-19(11,17)18/h4-6,11H,2-3,7-8H2,1H3,(H,15,16). The van der Waals surface area contributed by atoms with Gasteiger partial charge in [-0.2, -0.15) is 0 Å². The molecule has 1 heterocycles. The quantitative estimate of drug-likeness (QED) is 0.896. The van der Waals surface area contributed by atoms with E-state index < -0.39 is 21.0 Å². The van der Waals surface area contributed by atoms with Crippen molar-refractivity contribution in [2.24, 2.45) is 0 Å². The minimum atomic E-state index is -3.29. The summed E-state index contributed by atoms with van der Waals surface area (Å²) in [7, 11) is -3.29. The molecule has 0 spiro atoms. The van der Waals surface area contributed by atoms with Crippen molar-refractivity contribution in [2.45, 2.75) is 31.4 Å². The summed E-state index contributed by atoms with van der Waals surface area (Å²) < 4.78 is 24.6. The predicted molar refractivity (Wildman–Crippen MR) is 78.9 cm³/mol. The summed E-state index contributed by atoms with van der Waals surface area (Å²) in [5, 5.41) is 1.80. The first kappa shape index (κ1) is 14.5. The van der Waals surface area contributed by atoms with Gasteiger partial charge in [-0.1, -0.05) is 18.6 Å². The molecule has 0 aliphatic carbocycles. The zero-order valence-corrected chi connectivity index (χ0v) is 13.1. The van der Waals surface area contributed by atoms with Crippen LogP contribution in [0.4, 0.5) is 5.69 Å². The van der Waals surface area contributed by atoms with E-state index in [1.165, 1.54) is 0 Å². The van der Waals surface area contributed by atoms with Crippen molar-refractivity contribution >= 4 is 37.4 Å². The first-order valence-corrected chi connectivity index (χ1v) is 8.70. The number of hydrogen-bond acceptors (Lipinski definition) is 3. The van der Waals surface area contributed by atoms with Gasteiger partial charge >= 0.3 is 0 Å². The molecule has 1 amide bonds. The van der Waals surface area contributed by atoms with E-state index in [9.17, 15) is 13.2 Å². The maximum atomic E-state index is 12.1. The highest BCUT2D eigenvalue weighted by Crippen LogP contribution is 2.27. The number of anilines is 1. The first-order chi connectivity index (χ1) is 8.92. The van der Waals surface area contributed by atoms with Crippen LogP contribution >= 0.6 is 15.9 Å². The van der Waals surface area contributed by atoms with Gasteiger partial charge in [0.15, 0.2) is 9.84 Å². The molecule has 1 saturated heterocycles. The summed E-state index contributed by atoms with van der Waals surface area (Å²) in [6.07, 6.45) is 1.85. The number of halogens is 1. The van der Waals surface area contributed by atoms with Crippen LogP contribution in [0.3, 0.4) is 0 Å². The second kappa shape index (κ2) is 5.63. The molecule has 1 unspecified atom stereocenters.